The molecule has 0 spiro atoms. The van der Waals surface area contributed by atoms with Crippen molar-refractivity contribution in [3.63, 3.8) is 0 Å². The molecule has 17 heavy (non-hydrogen) atoms. The van der Waals surface area contributed by atoms with Crippen LogP contribution in [0.1, 0.15) is 26.2 Å². The number of ether oxygens (including phenoxy) is 1. The molecule has 0 aromatic heterocycles. The molecule has 3 atom stereocenters. The topological polar surface area (TPSA) is 38.5 Å². The van der Waals surface area contributed by atoms with Gasteiger partial charge >= 0.3 is 0 Å². The molecule has 2 rings (SSSR count). The average molecular weight is 238 g/mol. The van der Waals surface area contributed by atoms with Crippen LogP contribution in [0.5, 0.6) is 0 Å². The van der Waals surface area contributed by atoms with Gasteiger partial charge < -0.3 is 10.5 Å². The average Bonchev–Trinajstić information content (AvgIpc) is 3.08. The van der Waals surface area contributed by atoms with Crippen molar-refractivity contribution in [3.05, 3.63) is 12.2 Å². The monoisotopic (exact) mass is 238 g/mol. The molecule has 1 saturated carbocycles. The molecule has 98 valence electrons. The van der Waals surface area contributed by atoms with Crippen molar-refractivity contribution < 1.29 is 4.74 Å². The summed E-state index contributed by atoms with van der Waals surface area (Å²) in [5.74, 6) is 1.56. The Morgan fingerprint density at radius 3 is 2.71 bits per heavy atom. The van der Waals surface area contributed by atoms with E-state index >= 15 is 0 Å². The van der Waals surface area contributed by atoms with Crippen LogP contribution in [-0.4, -0.2) is 43.8 Å². The van der Waals surface area contributed by atoms with Gasteiger partial charge in [0, 0.05) is 32.3 Å². The Bertz CT molecular complexity index is 263. The summed E-state index contributed by atoms with van der Waals surface area (Å²) in [5.41, 5.74) is 5.92. The zero-order valence-corrected chi connectivity index (χ0v) is 11.1. The fraction of sp³-hybridized carbons (Fsp3) is 0.857. The lowest BCUT2D eigenvalue weighted by atomic mass is 10.1. The minimum Gasteiger partial charge on any atom is -0.383 e. The second-order valence-electron chi connectivity index (χ2n) is 5.61. The molecular formula is C14H26N2O. The summed E-state index contributed by atoms with van der Waals surface area (Å²) in [4.78, 5) is 2.59. The van der Waals surface area contributed by atoms with E-state index in [-0.39, 0.29) is 6.04 Å². The minimum absolute atomic E-state index is 0.278. The highest BCUT2D eigenvalue weighted by Gasteiger charge is 2.32. The molecule has 2 aliphatic carbocycles. The molecule has 0 bridgehead atoms. The van der Waals surface area contributed by atoms with E-state index in [0.29, 0.717) is 12.0 Å². The number of nitrogens with zero attached hydrogens (tertiary/aromatic N) is 1. The Hall–Kier alpha value is -0.380. The summed E-state index contributed by atoms with van der Waals surface area (Å²) in [6.07, 6.45) is 8.38. The van der Waals surface area contributed by atoms with Gasteiger partial charge in [0.25, 0.3) is 0 Å². The van der Waals surface area contributed by atoms with Crippen molar-refractivity contribution in [3.8, 4) is 0 Å². The van der Waals surface area contributed by atoms with Gasteiger partial charge in [-0.05, 0) is 38.0 Å². The molecule has 0 saturated heterocycles. The van der Waals surface area contributed by atoms with E-state index in [4.69, 9.17) is 10.5 Å². The molecule has 3 nitrogen and oxygen atoms in total. The summed E-state index contributed by atoms with van der Waals surface area (Å²) in [7, 11) is 1.78. The second kappa shape index (κ2) is 5.98. The maximum absolute atomic E-state index is 5.92. The van der Waals surface area contributed by atoms with E-state index in [0.717, 1.165) is 32.0 Å². The number of rotatable bonds is 7. The standard InChI is InChI=1S/C14H26N2O/c1-11(13-4-5-13)16(7-8-17-2)10-12-3-6-14(15)9-12/h3,6,11-14H,4-5,7-10,15H2,1-2H3. The zero-order valence-electron chi connectivity index (χ0n) is 11.1. The molecule has 0 radical (unpaired) electrons. The van der Waals surface area contributed by atoms with Gasteiger partial charge in [0.15, 0.2) is 0 Å². The van der Waals surface area contributed by atoms with Crippen molar-refractivity contribution in [2.75, 3.05) is 26.8 Å². The van der Waals surface area contributed by atoms with Crippen LogP contribution < -0.4 is 5.73 Å². The second-order valence-corrected chi connectivity index (χ2v) is 5.61. The third-order valence-corrected chi connectivity index (χ3v) is 4.14. The van der Waals surface area contributed by atoms with Crippen molar-refractivity contribution in [2.24, 2.45) is 17.6 Å². The van der Waals surface area contributed by atoms with Gasteiger partial charge in [0.05, 0.1) is 6.61 Å². The van der Waals surface area contributed by atoms with Gasteiger partial charge in [-0.1, -0.05) is 12.2 Å². The SMILES string of the molecule is COCCN(CC1C=CC(N)C1)C(C)C1CC1. The van der Waals surface area contributed by atoms with Crippen LogP contribution in [0, 0.1) is 11.8 Å². The van der Waals surface area contributed by atoms with Gasteiger partial charge in [-0.15, -0.1) is 0 Å². The first-order valence-electron chi connectivity index (χ1n) is 6.87. The van der Waals surface area contributed by atoms with Crippen molar-refractivity contribution in [2.45, 2.75) is 38.3 Å². The lowest BCUT2D eigenvalue weighted by Crippen LogP contribution is -2.40. The van der Waals surface area contributed by atoms with E-state index in [1.54, 1.807) is 7.11 Å². The van der Waals surface area contributed by atoms with Crippen molar-refractivity contribution in [1.29, 1.82) is 0 Å². The van der Waals surface area contributed by atoms with Gasteiger partial charge in [-0.2, -0.15) is 0 Å². The summed E-state index contributed by atoms with van der Waals surface area (Å²) < 4.78 is 5.22. The van der Waals surface area contributed by atoms with E-state index in [2.05, 4.69) is 24.0 Å². The Morgan fingerprint density at radius 1 is 1.41 bits per heavy atom. The Morgan fingerprint density at radius 2 is 2.18 bits per heavy atom. The predicted octanol–water partition coefficient (Wildman–Crippen LogP) is 1.64. The number of nitrogens with two attached hydrogens (primary N) is 1. The minimum atomic E-state index is 0.278. The summed E-state index contributed by atoms with van der Waals surface area (Å²) in [5, 5.41) is 0. The molecular weight excluding hydrogens is 212 g/mol. The molecule has 0 aliphatic heterocycles. The predicted molar refractivity (Wildman–Crippen MR) is 70.9 cm³/mol. The highest BCUT2D eigenvalue weighted by atomic mass is 16.5. The molecule has 1 fully saturated rings. The van der Waals surface area contributed by atoms with Gasteiger partial charge in [0.1, 0.15) is 0 Å². The van der Waals surface area contributed by atoms with Crippen LogP contribution in [0.25, 0.3) is 0 Å². The van der Waals surface area contributed by atoms with Gasteiger partial charge in [0.2, 0.25) is 0 Å². The van der Waals surface area contributed by atoms with Gasteiger partial charge in [-0.25, -0.2) is 0 Å². The summed E-state index contributed by atoms with van der Waals surface area (Å²) in [6.45, 7) is 5.39. The molecule has 3 heteroatoms. The smallest absolute Gasteiger partial charge is 0.0589 e. The van der Waals surface area contributed by atoms with Crippen LogP contribution in [-0.2, 0) is 4.74 Å². The van der Waals surface area contributed by atoms with Crippen molar-refractivity contribution in [1.82, 2.24) is 4.90 Å². The maximum atomic E-state index is 5.92. The third-order valence-electron chi connectivity index (χ3n) is 4.14. The van der Waals surface area contributed by atoms with Crippen LogP contribution >= 0.6 is 0 Å². The summed E-state index contributed by atoms with van der Waals surface area (Å²) >= 11 is 0. The highest BCUT2D eigenvalue weighted by molar-refractivity contribution is 5.05. The Kier molecular flexibility index (Phi) is 4.60. The summed E-state index contributed by atoms with van der Waals surface area (Å²) in [6, 6.07) is 0.982. The highest BCUT2D eigenvalue weighted by Crippen LogP contribution is 2.35. The van der Waals surface area contributed by atoms with E-state index in [9.17, 15) is 0 Å². The quantitative estimate of drug-likeness (QED) is 0.685. The third kappa shape index (κ3) is 3.80. The molecule has 0 aromatic carbocycles. The number of hydrogen-bond donors (Lipinski definition) is 1. The molecule has 0 aromatic rings. The first-order chi connectivity index (χ1) is 8.20. The van der Waals surface area contributed by atoms with E-state index < -0.39 is 0 Å². The molecule has 0 amide bonds. The first-order valence-corrected chi connectivity index (χ1v) is 6.87. The number of methoxy groups -OCH3 is 1. The van der Waals surface area contributed by atoms with E-state index in [1.165, 1.54) is 12.8 Å². The first kappa shape index (κ1) is 13.1. The molecule has 0 heterocycles. The van der Waals surface area contributed by atoms with Crippen LogP contribution in [0.2, 0.25) is 0 Å². The molecule has 2 N–H and O–H groups in total. The largest absolute Gasteiger partial charge is 0.383 e. The Balaban J connectivity index is 1.83. The van der Waals surface area contributed by atoms with Crippen LogP contribution in [0.3, 0.4) is 0 Å². The lowest BCUT2D eigenvalue weighted by Gasteiger charge is -2.31. The van der Waals surface area contributed by atoms with Crippen LogP contribution in [0.4, 0.5) is 0 Å². The lowest BCUT2D eigenvalue weighted by molar-refractivity contribution is 0.108. The Labute approximate surface area is 105 Å². The molecule has 2 aliphatic rings. The maximum Gasteiger partial charge on any atom is 0.0589 e. The fourth-order valence-electron chi connectivity index (χ4n) is 2.79. The number of hydrogen-bond acceptors (Lipinski definition) is 3. The molecule has 3 unspecified atom stereocenters. The van der Waals surface area contributed by atoms with Crippen LogP contribution in [0.15, 0.2) is 12.2 Å². The normalized spacial score (nSPS) is 30.1. The zero-order chi connectivity index (χ0) is 12.3. The fourth-order valence-corrected chi connectivity index (χ4v) is 2.79. The van der Waals surface area contributed by atoms with Crippen molar-refractivity contribution >= 4 is 0 Å². The van der Waals surface area contributed by atoms with Gasteiger partial charge in [-0.3, -0.25) is 4.90 Å². The van der Waals surface area contributed by atoms with E-state index in [1.807, 2.05) is 0 Å².